The fraction of sp³-hybridized carbons (Fsp3) is 0.565. The first-order valence-electron chi connectivity index (χ1n) is 11.2. The van der Waals surface area contributed by atoms with Crippen molar-refractivity contribution in [1.29, 1.82) is 0 Å². The Kier molecular flexibility index (Phi) is 9.93. The number of hydrogen-bond acceptors (Lipinski definition) is 5. The Balaban J connectivity index is 0.00000385. The van der Waals surface area contributed by atoms with Crippen LogP contribution in [0.1, 0.15) is 49.4 Å². The molecular weight excluding hydrogens is 531 g/mol. The number of nitrogens with zero attached hydrogens (tertiary/aromatic N) is 6. The number of carbonyl (C=O) groups is 1. The molecule has 0 saturated carbocycles. The van der Waals surface area contributed by atoms with Crippen LogP contribution in [-0.2, 0) is 24.9 Å². The highest BCUT2D eigenvalue weighted by atomic mass is 127. The quantitative estimate of drug-likeness (QED) is 0.302. The van der Waals surface area contributed by atoms with E-state index in [2.05, 4.69) is 56.3 Å². The van der Waals surface area contributed by atoms with Crippen LogP contribution in [0.3, 0.4) is 0 Å². The van der Waals surface area contributed by atoms with Gasteiger partial charge < -0.3 is 20.9 Å². The fourth-order valence-electron chi connectivity index (χ4n) is 4.28. The highest BCUT2D eigenvalue weighted by Gasteiger charge is 2.25. The summed E-state index contributed by atoms with van der Waals surface area (Å²) in [4.78, 5) is 24.9. The van der Waals surface area contributed by atoms with E-state index in [1.165, 1.54) is 5.56 Å². The number of anilines is 1. The maximum atomic E-state index is 11.5. The molecule has 1 fully saturated rings. The molecule has 0 aliphatic carbocycles. The Labute approximate surface area is 213 Å². The van der Waals surface area contributed by atoms with Gasteiger partial charge in [0.2, 0.25) is 5.91 Å². The summed E-state index contributed by atoms with van der Waals surface area (Å²) in [5.74, 6) is 1.90. The summed E-state index contributed by atoms with van der Waals surface area (Å²) in [7, 11) is 5.79. The van der Waals surface area contributed by atoms with Gasteiger partial charge in [0.15, 0.2) is 5.96 Å². The van der Waals surface area contributed by atoms with E-state index in [9.17, 15) is 4.79 Å². The molecule has 1 aliphatic heterocycles. The zero-order valence-corrected chi connectivity index (χ0v) is 22.6. The molecule has 0 aromatic carbocycles. The monoisotopic (exact) mass is 568 g/mol. The maximum Gasteiger partial charge on any atom is 0.220 e. The highest BCUT2D eigenvalue weighted by Crippen LogP contribution is 2.24. The first-order valence-corrected chi connectivity index (χ1v) is 11.2. The number of nitrogens with two attached hydrogens (primary N) is 1. The molecule has 0 spiro atoms. The summed E-state index contributed by atoms with van der Waals surface area (Å²) < 4.78 is 1.87. The number of rotatable bonds is 7. The van der Waals surface area contributed by atoms with Gasteiger partial charge in [-0.1, -0.05) is 19.9 Å². The number of primary amides is 1. The van der Waals surface area contributed by atoms with Crippen molar-refractivity contribution in [2.75, 3.05) is 32.1 Å². The van der Waals surface area contributed by atoms with Crippen molar-refractivity contribution < 1.29 is 4.79 Å². The lowest BCUT2D eigenvalue weighted by Crippen LogP contribution is -2.40. The molecule has 10 heteroatoms. The van der Waals surface area contributed by atoms with Crippen LogP contribution in [0.25, 0.3) is 0 Å². The average molecular weight is 569 g/mol. The zero-order chi connectivity index (χ0) is 23.3. The minimum atomic E-state index is -0.200. The van der Waals surface area contributed by atoms with E-state index in [-0.39, 0.29) is 35.8 Å². The summed E-state index contributed by atoms with van der Waals surface area (Å²) in [6.45, 7) is 7.22. The number of aromatic nitrogens is 3. The van der Waals surface area contributed by atoms with Gasteiger partial charge in [0.05, 0.1) is 5.69 Å². The molecule has 0 radical (unpaired) electrons. The van der Waals surface area contributed by atoms with Gasteiger partial charge in [0.1, 0.15) is 5.82 Å². The van der Waals surface area contributed by atoms with Gasteiger partial charge in [-0.25, -0.2) is 4.98 Å². The number of hydrogen-bond donors (Lipinski definition) is 2. The van der Waals surface area contributed by atoms with Crippen LogP contribution in [0.5, 0.6) is 0 Å². The number of aryl methyl sites for hydroxylation is 1. The van der Waals surface area contributed by atoms with Crippen LogP contribution < -0.4 is 16.0 Å². The van der Waals surface area contributed by atoms with Crippen LogP contribution in [0.4, 0.5) is 5.82 Å². The normalized spacial score (nSPS) is 14.8. The molecule has 3 N–H and O–H groups in total. The van der Waals surface area contributed by atoms with E-state index in [1.807, 2.05) is 31.0 Å². The van der Waals surface area contributed by atoms with Crippen LogP contribution in [0.2, 0.25) is 0 Å². The third-order valence-electron chi connectivity index (χ3n) is 5.97. The molecule has 2 aromatic heterocycles. The third kappa shape index (κ3) is 6.81. The van der Waals surface area contributed by atoms with Gasteiger partial charge in [-0.05, 0) is 24.8 Å². The van der Waals surface area contributed by atoms with E-state index in [0.29, 0.717) is 12.5 Å². The lowest BCUT2D eigenvalue weighted by molar-refractivity contribution is -0.122. The standard InChI is InChI=1S/C23H36N8O.HI/c1-16(2)20-19(15-30(5)28-20)14-29(4)23(25-3)27-13-18-7-6-10-26-22(18)31-11-8-17(9-12-31)21(24)32;/h6-7,10,15-17H,8-9,11-14H2,1-5H3,(H2,24,32)(H,25,27);1H. The number of pyridine rings is 1. The average Bonchev–Trinajstić information content (AvgIpc) is 3.14. The van der Waals surface area contributed by atoms with Crippen molar-refractivity contribution in [1.82, 2.24) is 25.0 Å². The molecule has 33 heavy (non-hydrogen) atoms. The number of nitrogens with one attached hydrogen (secondary N) is 1. The number of carbonyl (C=O) groups excluding carboxylic acids is 1. The first-order chi connectivity index (χ1) is 15.3. The second kappa shape index (κ2) is 12.2. The van der Waals surface area contributed by atoms with E-state index in [1.54, 1.807) is 7.05 Å². The molecule has 182 valence electrons. The lowest BCUT2D eigenvalue weighted by atomic mass is 9.96. The van der Waals surface area contributed by atoms with Gasteiger partial charge in [0.25, 0.3) is 0 Å². The smallest absolute Gasteiger partial charge is 0.220 e. The minimum absolute atomic E-state index is 0. The first kappa shape index (κ1) is 26.9. The zero-order valence-electron chi connectivity index (χ0n) is 20.3. The van der Waals surface area contributed by atoms with Crippen molar-refractivity contribution in [2.24, 2.45) is 23.7 Å². The summed E-state index contributed by atoms with van der Waals surface area (Å²) >= 11 is 0. The molecule has 0 unspecified atom stereocenters. The predicted molar refractivity (Wildman–Crippen MR) is 143 cm³/mol. The number of piperidine rings is 1. The topological polar surface area (TPSA) is 105 Å². The number of amides is 1. The minimum Gasteiger partial charge on any atom is -0.369 e. The van der Waals surface area contributed by atoms with Gasteiger partial charge >= 0.3 is 0 Å². The Bertz CT molecular complexity index is 950. The lowest BCUT2D eigenvalue weighted by Gasteiger charge is -2.32. The summed E-state index contributed by atoms with van der Waals surface area (Å²) in [6.07, 6.45) is 5.43. The number of aliphatic imine (C=N–C) groups is 1. The van der Waals surface area contributed by atoms with Crippen molar-refractivity contribution in [3.05, 3.63) is 41.3 Å². The Morgan fingerprint density at radius 1 is 1.33 bits per heavy atom. The summed E-state index contributed by atoms with van der Waals surface area (Å²) in [5, 5.41) is 8.08. The Morgan fingerprint density at radius 3 is 2.64 bits per heavy atom. The van der Waals surface area contributed by atoms with Crippen molar-refractivity contribution in [3.8, 4) is 0 Å². The van der Waals surface area contributed by atoms with E-state index >= 15 is 0 Å². The molecule has 0 atom stereocenters. The van der Waals surface area contributed by atoms with Crippen LogP contribution in [0.15, 0.2) is 29.5 Å². The highest BCUT2D eigenvalue weighted by molar-refractivity contribution is 14.0. The molecular formula is C23H37IN8O. The Morgan fingerprint density at radius 2 is 2.03 bits per heavy atom. The molecule has 3 heterocycles. The summed E-state index contributed by atoms with van der Waals surface area (Å²) in [6, 6.07) is 4.04. The number of halogens is 1. The van der Waals surface area contributed by atoms with Gasteiger partial charge in [-0.2, -0.15) is 5.10 Å². The van der Waals surface area contributed by atoms with E-state index in [0.717, 1.165) is 55.5 Å². The molecule has 1 aliphatic rings. The van der Waals surface area contributed by atoms with Crippen LogP contribution >= 0.6 is 24.0 Å². The molecule has 9 nitrogen and oxygen atoms in total. The van der Waals surface area contributed by atoms with Crippen LogP contribution in [-0.4, -0.2) is 58.7 Å². The van der Waals surface area contributed by atoms with Crippen molar-refractivity contribution in [2.45, 2.75) is 45.7 Å². The van der Waals surface area contributed by atoms with Crippen molar-refractivity contribution in [3.63, 3.8) is 0 Å². The third-order valence-corrected chi connectivity index (χ3v) is 5.97. The van der Waals surface area contributed by atoms with Crippen LogP contribution in [0, 0.1) is 5.92 Å². The molecule has 3 rings (SSSR count). The van der Waals surface area contributed by atoms with E-state index in [4.69, 9.17) is 5.73 Å². The predicted octanol–water partition coefficient (Wildman–Crippen LogP) is 2.47. The summed E-state index contributed by atoms with van der Waals surface area (Å²) in [5.41, 5.74) is 8.90. The van der Waals surface area contributed by atoms with E-state index < -0.39 is 0 Å². The Hall–Kier alpha value is -2.37. The second-order valence-corrected chi connectivity index (χ2v) is 8.77. The molecule has 0 bridgehead atoms. The fourth-order valence-corrected chi connectivity index (χ4v) is 4.28. The SMILES string of the molecule is CN=C(NCc1cccnc1N1CCC(C(N)=O)CC1)N(C)Cc1cn(C)nc1C(C)C.I. The molecule has 2 aromatic rings. The molecule has 1 amide bonds. The molecule has 1 saturated heterocycles. The largest absolute Gasteiger partial charge is 0.369 e. The maximum absolute atomic E-state index is 11.5. The number of guanidine groups is 1. The van der Waals surface area contributed by atoms with Crippen molar-refractivity contribution >= 4 is 41.7 Å². The second-order valence-electron chi connectivity index (χ2n) is 8.77. The van der Waals surface area contributed by atoms with Gasteiger partial charge in [0, 0.05) is 76.8 Å². The van der Waals surface area contributed by atoms with Gasteiger partial charge in [-0.15, -0.1) is 24.0 Å². The van der Waals surface area contributed by atoms with Gasteiger partial charge in [-0.3, -0.25) is 14.5 Å².